The van der Waals surface area contributed by atoms with E-state index in [0.29, 0.717) is 11.2 Å². The molecule has 0 radical (unpaired) electrons. The summed E-state index contributed by atoms with van der Waals surface area (Å²) >= 11 is 1.41. The number of nitrogens with one attached hydrogen (secondary N) is 1. The summed E-state index contributed by atoms with van der Waals surface area (Å²) in [5.41, 5.74) is 8.81. The van der Waals surface area contributed by atoms with Crippen molar-refractivity contribution in [3.05, 3.63) is 42.0 Å². The zero-order valence-corrected chi connectivity index (χ0v) is 11.9. The van der Waals surface area contributed by atoms with Gasteiger partial charge in [0.15, 0.2) is 11.5 Å². The molecule has 3 aromatic rings. The maximum atomic E-state index is 8.90. The van der Waals surface area contributed by atoms with Gasteiger partial charge in [0.25, 0.3) is 0 Å². The minimum atomic E-state index is 0.0624. The third-order valence-corrected chi connectivity index (χ3v) is 3.98. The van der Waals surface area contributed by atoms with Crippen LogP contribution >= 0.6 is 11.8 Å². The first-order chi connectivity index (χ1) is 10.2. The fraction of sp³-hybridized carbons (Fsp3) is 0.0769. The Kier molecular flexibility index (Phi) is 3.44. The van der Waals surface area contributed by atoms with E-state index in [2.05, 4.69) is 25.1 Å². The summed E-state index contributed by atoms with van der Waals surface area (Å²) in [5, 5.41) is 12.7. The zero-order chi connectivity index (χ0) is 14.8. The number of aryl methyl sites for hydroxylation is 1. The van der Waals surface area contributed by atoms with E-state index in [9.17, 15) is 0 Å². The Morgan fingerprint density at radius 3 is 3.00 bits per heavy atom. The van der Waals surface area contributed by atoms with Gasteiger partial charge in [0.2, 0.25) is 0 Å². The number of nitrogens with zero attached hydrogens (tertiary/aromatic N) is 4. The Bertz CT molecular complexity index is 828. The number of hydrogen-bond acceptors (Lipinski definition) is 6. The van der Waals surface area contributed by atoms with E-state index in [4.69, 9.17) is 10.9 Å². The van der Waals surface area contributed by atoms with Gasteiger partial charge in [0, 0.05) is 10.5 Å². The van der Waals surface area contributed by atoms with Gasteiger partial charge in [-0.2, -0.15) is 0 Å². The highest BCUT2D eigenvalue weighted by atomic mass is 32.2. The second-order valence-corrected chi connectivity index (χ2v) is 5.40. The maximum Gasteiger partial charge on any atom is 0.181 e. The smallest absolute Gasteiger partial charge is 0.181 e. The number of oxime groups is 1. The molecule has 0 fully saturated rings. The van der Waals surface area contributed by atoms with Crippen molar-refractivity contribution in [2.45, 2.75) is 16.8 Å². The van der Waals surface area contributed by atoms with Crippen molar-refractivity contribution >= 4 is 28.8 Å². The normalized spacial score (nSPS) is 12.0. The summed E-state index contributed by atoms with van der Waals surface area (Å²) in [4.78, 5) is 16.3. The van der Waals surface area contributed by atoms with Gasteiger partial charge in [0.1, 0.15) is 16.9 Å². The molecule has 0 amide bonds. The van der Waals surface area contributed by atoms with Gasteiger partial charge < -0.3 is 15.9 Å². The summed E-state index contributed by atoms with van der Waals surface area (Å²) in [5.74, 6) is 0.0624. The number of nitrogens with two attached hydrogens (primary N) is 1. The van der Waals surface area contributed by atoms with Crippen LogP contribution in [0.1, 0.15) is 11.1 Å². The molecule has 0 unspecified atom stereocenters. The Morgan fingerprint density at radius 1 is 1.33 bits per heavy atom. The Balaban J connectivity index is 2.09. The molecule has 0 saturated heterocycles. The number of aromatic nitrogens is 4. The van der Waals surface area contributed by atoms with Crippen LogP contribution in [-0.4, -0.2) is 31.0 Å². The quantitative estimate of drug-likeness (QED) is 0.224. The Hall–Kier alpha value is -2.61. The first-order valence-corrected chi connectivity index (χ1v) is 6.91. The van der Waals surface area contributed by atoms with Gasteiger partial charge in [-0.15, -0.1) is 0 Å². The summed E-state index contributed by atoms with van der Waals surface area (Å²) in [6, 6.07) is 5.68. The monoisotopic (exact) mass is 300 g/mol. The van der Waals surface area contributed by atoms with Crippen LogP contribution in [0.3, 0.4) is 0 Å². The third-order valence-electron chi connectivity index (χ3n) is 2.92. The zero-order valence-electron chi connectivity index (χ0n) is 11.1. The van der Waals surface area contributed by atoms with Gasteiger partial charge >= 0.3 is 0 Å². The molecule has 0 aliphatic heterocycles. The van der Waals surface area contributed by atoms with E-state index in [-0.39, 0.29) is 5.84 Å². The lowest BCUT2D eigenvalue weighted by molar-refractivity contribution is 0.318. The van der Waals surface area contributed by atoms with Gasteiger partial charge in [-0.25, -0.2) is 15.0 Å². The maximum absolute atomic E-state index is 8.90. The lowest BCUT2D eigenvalue weighted by Gasteiger charge is -2.08. The molecule has 0 bridgehead atoms. The molecule has 4 N–H and O–H groups in total. The highest BCUT2D eigenvalue weighted by molar-refractivity contribution is 7.99. The lowest BCUT2D eigenvalue weighted by atomic mass is 10.1. The van der Waals surface area contributed by atoms with Crippen LogP contribution in [0.25, 0.3) is 11.2 Å². The summed E-state index contributed by atoms with van der Waals surface area (Å²) in [6.07, 6.45) is 3.04. The number of hydrogen-bond donors (Lipinski definition) is 3. The van der Waals surface area contributed by atoms with Gasteiger partial charge in [-0.3, -0.25) is 0 Å². The van der Waals surface area contributed by atoms with E-state index in [1.54, 1.807) is 6.33 Å². The van der Waals surface area contributed by atoms with E-state index in [1.165, 1.54) is 18.1 Å². The molecule has 0 aliphatic rings. The molecule has 0 saturated carbocycles. The molecule has 3 rings (SSSR count). The average Bonchev–Trinajstić information content (AvgIpc) is 2.96. The summed E-state index contributed by atoms with van der Waals surface area (Å²) in [7, 11) is 0. The van der Waals surface area contributed by atoms with Crippen molar-refractivity contribution < 1.29 is 5.21 Å². The topological polar surface area (TPSA) is 113 Å². The predicted molar refractivity (Wildman–Crippen MR) is 79.5 cm³/mol. The summed E-state index contributed by atoms with van der Waals surface area (Å²) < 4.78 is 0. The van der Waals surface area contributed by atoms with Crippen LogP contribution in [0, 0.1) is 6.92 Å². The number of fused-ring (bicyclic) bond motifs is 1. The van der Waals surface area contributed by atoms with Crippen LogP contribution in [0.5, 0.6) is 0 Å². The highest BCUT2D eigenvalue weighted by Crippen LogP contribution is 2.32. The Labute approximate surface area is 124 Å². The molecular weight excluding hydrogens is 288 g/mol. The number of benzene rings is 1. The fourth-order valence-electron chi connectivity index (χ4n) is 1.90. The van der Waals surface area contributed by atoms with Crippen molar-refractivity contribution in [3.8, 4) is 0 Å². The van der Waals surface area contributed by atoms with Crippen molar-refractivity contribution in [1.82, 2.24) is 19.9 Å². The molecule has 8 heteroatoms. The number of rotatable bonds is 3. The molecular formula is C13H12N6OS. The number of amidine groups is 1. The number of aromatic amines is 1. The van der Waals surface area contributed by atoms with Crippen LogP contribution in [-0.2, 0) is 0 Å². The minimum Gasteiger partial charge on any atom is -0.409 e. The first kappa shape index (κ1) is 13.4. The molecule has 0 aliphatic carbocycles. The molecule has 0 spiro atoms. The van der Waals surface area contributed by atoms with Gasteiger partial charge in [-0.1, -0.05) is 23.0 Å². The predicted octanol–water partition coefficient (Wildman–Crippen LogP) is 1.91. The minimum absolute atomic E-state index is 0.0624. The van der Waals surface area contributed by atoms with Crippen LogP contribution in [0.15, 0.2) is 45.9 Å². The second kappa shape index (κ2) is 5.41. The van der Waals surface area contributed by atoms with Crippen molar-refractivity contribution in [3.63, 3.8) is 0 Å². The molecule has 2 heterocycles. The molecule has 0 atom stereocenters. The van der Waals surface area contributed by atoms with Crippen molar-refractivity contribution in [2.75, 3.05) is 0 Å². The molecule has 7 nitrogen and oxygen atoms in total. The first-order valence-electron chi connectivity index (χ1n) is 6.09. The standard InChI is InChI=1S/C13H12N6OS/c1-7-2-3-8(11(14)19-20)9(4-7)21-13-10-12(16-5-15-10)17-6-18-13/h2-6,20H,1H3,(H2,14,19)(H,15,16,17,18). The number of H-pyrrole nitrogens is 1. The molecule has 106 valence electrons. The van der Waals surface area contributed by atoms with Crippen molar-refractivity contribution in [2.24, 2.45) is 10.9 Å². The molecule has 2 aromatic heterocycles. The van der Waals surface area contributed by atoms with Gasteiger partial charge in [0.05, 0.1) is 6.33 Å². The van der Waals surface area contributed by atoms with Gasteiger partial charge in [-0.05, 0) is 24.6 Å². The largest absolute Gasteiger partial charge is 0.409 e. The van der Waals surface area contributed by atoms with E-state index < -0.39 is 0 Å². The summed E-state index contributed by atoms with van der Waals surface area (Å²) in [6.45, 7) is 1.98. The Morgan fingerprint density at radius 2 is 2.19 bits per heavy atom. The SMILES string of the molecule is Cc1ccc(C(N)=NO)c(Sc2ncnc3nc[nH]c23)c1. The lowest BCUT2D eigenvalue weighted by Crippen LogP contribution is -2.14. The highest BCUT2D eigenvalue weighted by Gasteiger charge is 2.13. The third kappa shape index (κ3) is 2.52. The van der Waals surface area contributed by atoms with E-state index >= 15 is 0 Å². The number of imidazole rings is 1. The van der Waals surface area contributed by atoms with E-state index in [0.717, 1.165) is 21.0 Å². The second-order valence-electron chi connectivity index (χ2n) is 4.37. The van der Waals surface area contributed by atoms with Crippen molar-refractivity contribution in [1.29, 1.82) is 0 Å². The average molecular weight is 300 g/mol. The van der Waals surface area contributed by atoms with Crippen LogP contribution in [0.4, 0.5) is 0 Å². The van der Waals surface area contributed by atoms with Crippen LogP contribution in [0.2, 0.25) is 0 Å². The molecule has 1 aromatic carbocycles. The van der Waals surface area contributed by atoms with E-state index in [1.807, 2.05) is 25.1 Å². The molecule has 21 heavy (non-hydrogen) atoms. The fourth-order valence-corrected chi connectivity index (χ4v) is 2.99. The van der Waals surface area contributed by atoms with Crippen LogP contribution < -0.4 is 5.73 Å².